The average Bonchev–Trinajstić information content (AvgIpc) is 3.10. The van der Waals surface area contributed by atoms with E-state index < -0.39 is 0 Å². The van der Waals surface area contributed by atoms with E-state index in [0.717, 1.165) is 43.0 Å². The number of nitrogens with one attached hydrogen (secondary N) is 2. The fraction of sp³-hybridized carbons (Fsp3) is 0.257. The molecule has 1 aromatic heterocycles. The van der Waals surface area contributed by atoms with Crippen LogP contribution in [0.3, 0.4) is 0 Å². The van der Waals surface area contributed by atoms with Crippen molar-refractivity contribution in [3.8, 4) is 11.5 Å². The monoisotopic (exact) mass is 634 g/mol. The molecule has 0 unspecified atom stereocenters. The number of urea groups is 1. The summed E-state index contributed by atoms with van der Waals surface area (Å²) in [5.41, 5.74) is 4.77. The summed E-state index contributed by atoms with van der Waals surface area (Å²) in [5, 5.41) is 6.09. The highest BCUT2D eigenvalue weighted by atomic mass is 16.5. The van der Waals surface area contributed by atoms with E-state index in [1.165, 1.54) is 11.8 Å². The highest BCUT2D eigenvalue weighted by molar-refractivity contribution is 6.05. The molecule has 0 atom stereocenters. The van der Waals surface area contributed by atoms with E-state index in [1.54, 1.807) is 54.5 Å². The largest absolute Gasteiger partial charge is 0.497 e. The number of amides is 3. The quantitative estimate of drug-likeness (QED) is 0.226. The average molecular weight is 635 g/mol. The molecular weight excluding hydrogens is 596 g/mol. The van der Waals surface area contributed by atoms with Crippen LogP contribution in [0.2, 0.25) is 0 Å². The zero-order valence-corrected chi connectivity index (χ0v) is 26.8. The van der Waals surface area contributed by atoms with Crippen molar-refractivity contribution < 1.29 is 19.1 Å². The van der Waals surface area contributed by atoms with E-state index in [2.05, 4.69) is 51.2 Å². The molecule has 12 nitrogen and oxygen atoms in total. The van der Waals surface area contributed by atoms with Gasteiger partial charge in [-0.15, -0.1) is 0 Å². The molecule has 0 saturated carbocycles. The van der Waals surface area contributed by atoms with Crippen LogP contribution in [0.15, 0.2) is 85.6 Å². The predicted molar refractivity (Wildman–Crippen MR) is 184 cm³/mol. The number of likely N-dealkylation sites (N-methyl/N-ethyl adjacent to an activating group) is 1. The molecule has 3 heterocycles. The maximum absolute atomic E-state index is 14.3. The van der Waals surface area contributed by atoms with Gasteiger partial charge in [0, 0.05) is 73.2 Å². The Morgan fingerprint density at radius 2 is 1.66 bits per heavy atom. The van der Waals surface area contributed by atoms with Gasteiger partial charge in [0.2, 0.25) is 11.9 Å². The topological polar surface area (TPSA) is 115 Å². The van der Waals surface area contributed by atoms with Gasteiger partial charge in [-0.25, -0.2) is 9.78 Å². The first-order valence-electron chi connectivity index (χ1n) is 15.3. The Balaban J connectivity index is 1.31. The molecular formula is C35H38N8O4. The molecule has 12 heteroatoms. The minimum absolute atomic E-state index is 0.192. The molecule has 4 aromatic rings. The van der Waals surface area contributed by atoms with Gasteiger partial charge in [-0.1, -0.05) is 18.7 Å². The number of rotatable bonds is 10. The number of methoxy groups -OCH3 is 2. The molecule has 3 aromatic carbocycles. The van der Waals surface area contributed by atoms with Gasteiger partial charge in [-0.2, -0.15) is 4.98 Å². The number of piperazine rings is 1. The highest BCUT2D eigenvalue weighted by Gasteiger charge is 2.34. The number of fused-ring (bicyclic) bond motifs is 1. The van der Waals surface area contributed by atoms with Crippen LogP contribution in [0.5, 0.6) is 11.5 Å². The Labute approximate surface area is 274 Å². The Hall–Kier alpha value is -5.62. The van der Waals surface area contributed by atoms with Crippen LogP contribution in [0.1, 0.15) is 11.1 Å². The van der Waals surface area contributed by atoms with Crippen molar-refractivity contribution in [3.05, 3.63) is 96.7 Å². The summed E-state index contributed by atoms with van der Waals surface area (Å²) in [7, 11) is 5.28. The molecule has 2 aliphatic heterocycles. The lowest BCUT2D eigenvalue weighted by atomic mass is 10.1. The van der Waals surface area contributed by atoms with Gasteiger partial charge in [0.1, 0.15) is 17.3 Å². The lowest BCUT2D eigenvalue weighted by Crippen LogP contribution is -2.47. The second-order valence-corrected chi connectivity index (χ2v) is 11.4. The predicted octanol–water partition coefficient (Wildman–Crippen LogP) is 5.26. The van der Waals surface area contributed by atoms with E-state index in [0.29, 0.717) is 34.6 Å². The number of carbonyl (C=O) groups excluding carboxylic acids is 2. The smallest absolute Gasteiger partial charge is 0.330 e. The Bertz CT molecular complexity index is 1750. The van der Waals surface area contributed by atoms with E-state index in [-0.39, 0.29) is 25.0 Å². The summed E-state index contributed by atoms with van der Waals surface area (Å²) in [4.78, 5) is 43.7. The van der Waals surface area contributed by atoms with Crippen molar-refractivity contribution in [2.45, 2.75) is 13.1 Å². The van der Waals surface area contributed by atoms with E-state index in [1.807, 2.05) is 30.3 Å². The van der Waals surface area contributed by atoms with Crippen molar-refractivity contribution in [2.24, 2.45) is 0 Å². The minimum Gasteiger partial charge on any atom is -0.497 e. The van der Waals surface area contributed by atoms with Crippen LogP contribution >= 0.6 is 0 Å². The number of carbonyl (C=O) groups is 2. The summed E-state index contributed by atoms with van der Waals surface area (Å²) in [5.74, 6) is 1.67. The van der Waals surface area contributed by atoms with E-state index in [4.69, 9.17) is 14.5 Å². The van der Waals surface area contributed by atoms with Gasteiger partial charge in [0.05, 0.1) is 33.0 Å². The van der Waals surface area contributed by atoms with Crippen molar-refractivity contribution in [1.82, 2.24) is 14.9 Å². The molecule has 6 rings (SSSR count). The number of aromatic nitrogens is 2. The third kappa shape index (κ3) is 7.12. The van der Waals surface area contributed by atoms with Crippen molar-refractivity contribution in [1.29, 1.82) is 0 Å². The first-order valence-corrected chi connectivity index (χ1v) is 15.3. The SMILES string of the molecule is C=CC(=O)Nc1cccc(CN2C(=O)N(c3cc(OC)cc(OC)c3)Cc3cnc(Nc4ccc(N5CCN(C)CC5)cc4)nc32)c1. The van der Waals surface area contributed by atoms with Gasteiger partial charge in [0.25, 0.3) is 0 Å². The number of benzene rings is 3. The van der Waals surface area contributed by atoms with Crippen molar-refractivity contribution in [3.63, 3.8) is 0 Å². The summed E-state index contributed by atoms with van der Waals surface area (Å²) in [6.45, 7) is 8.02. The Morgan fingerprint density at radius 3 is 2.34 bits per heavy atom. The van der Waals surface area contributed by atoms with Crippen molar-refractivity contribution >= 4 is 46.5 Å². The summed E-state index contributed by atoms with van der Waals surface area (Å²) >= 11 is 0. The van der Waals surface area contributed by atoms with Crippen LogP contribution in [-0.4, -0.2) is 74.3 Å². The number of nitrogens with zero attached hydrogens (tertiary/aromatic N) is 6. The van der Waals surface area contributed by atoms with Gasteiger partial charge >= 0.3 is 6.03 Å². The van der Waals surface area contributed by atoms with Crippen LogP contribution in [0.4, 0.5) is 39.3 Å². The number of anilines is 6. The van der Waals surface area contributed by atoms with Gasteiger partial charge in [-0.3, -0.25) is 14.6 Å². The van der Waals surface area contributed by atoms with Gasteiger partial charge in [0.15, 0.2) is 0 Å². The zero-order chi connectivity index (χ0) is 32.9. The van der Waals surface area contributed by atoms with E-state index in [9.17, 15) is 9.59 Å². The maximum Gasteiger partial charge on any atom is 0.330 e. The Kier molecular flexibility index (Phi) is 9.20. The molecule has 2 N–H and O–H groups in total. The molecule has 0 spiro atoms. The lowest BCUT2D eigenvalue weighted by molar-refractivity contribution is -0.111. The first kappa shape index (κ1) is 31.4. The molecule has 242 valence electrons. The summed E-state index contributed by atoms with van der Waals surface area (Å²) in [6.07, 6.45) is 2.95. The molecule has 0 bridgehead atoms. The molecule has 1 fully saturated rings. The zero-order valence-electron chi connectivity index (χ0n) is 26.8. The van der Waals surface area contributed by atoms with Crippen LogP contribution < -0.4 is 34.8 Å². The first-order chi connectivity index (χ1) is 22.8. The Morgan fingerprint density at radius 1 is 0.936 bits per heavy atom. The second-order valence-electron chi connectivity index (χ2n) is 11.4. The lowest BCUT2D eigenvalue weighted by Gasteiger charge is -2.36. The van der Waals surface area contributed by atoms with E-state index >= 15 is 0 Å². The molecule has 2 aliphatic rings. The van der Waals surface area contributed by atoms with Gasteiger partial charge < -0.3 is 29.9 Å². The van der Waals surface area contributed by atoms with Crippen LogP contribution in [0, 0.1) is 0 Å². The fourth-order valence-electron chi connectivity index (χ4n) is 5.64. The maximum atomic E-state index is 14.3. The van der Waals surface area contributed by atoms with Crippen molar-refractivity contribution in [2.75, 3.05) is 72.8 Å². The number of hydrogen-bond donors (Lipinski definition) is 2. The standard InChI is InChI=1S/C35H38N8O4/c1-5-32(44)37-27-8-6-7-24(17-27)22-43-33-25(23-42(35(43)45)29-18-30(46-3)20-31(19-29)47-4)21-36-34(39-33)38-26-9-11-28(12-10-26)41-15-13-40(2)14-16-41/h5-12,17-21H,1,13-16,22-23H2,2-4H3,(H,37,44)(H,36,38,39). The second kappa shape index (κ2) is 13.8. The highest BCUT2D eigenvalue weighted by Crippen LogP contribution is 2.36. The third-order valence-electron chi connectivity index (χ3n) is 8.25. The fourth-order valence-corrected chi connectivity index (χ4v) is 5.64. The van der Waals surface area contributed by atoms with Gasteiger partial charge in [-0.05, 0) is 55.1 Å². The molecule has 47 heavy (non-hydrogen) atoms. The molecule has 3 amide bonds. The number of ether oxygens (including phenoxy) is 2. The molecule has 0 radical (unpaired) electrons. The number of hydrogen-bond acceptors (Lipinski definition) is 9. The third-order valence-corrected chi connectivity index (χ3v) is 8.25. The normalized spacial score (nSPS) is 14.8. The summed E-state index contributed by atoms with van der Waals surface area (Å²) in [6, 6.07) is 20.6. The molecule has 0 aliphatic carbocycles. The molecule has 1 saturated heterocycles. The van der Waals surface area contributed by atoms with Crippen LogP contribution in [0.25, 0.3) is 0 Å². The minimum atomic E-state index is -0.320. The van der Waals surface area contributed by atoms with Crippen LogP contribution in [-0.2, 0) is 17.9 Å². The summed E-state index contributed by atoms with van der Waals surface area (Å²) < 4.78 is 11.0.